The fraction of sp³-hybridized carbons (Fsp3) is 0.889. The summed E-state index contributed by atoms with van der Waals surface area (Å²) in [5.74, 6) is -0.579. The van der Waals surface area contributed by atoms with Gasteiger partial charge in [0, 0.05) is 6.61 Å². The van der Waals surface area contributed by atoms with Gasteiger partial charge in [-0.3, -0.25) is 0 Å². The van der Waals surface area contributed by atoms with E-state index < -0.39 is 59.3 Å². The molecule has 10 nitrogen and oxygen atoms in total. The fourth-order valence-electron chi connectivity index (χ4n) is 3.30. The number of ether oxygens (including phenoxy) is 6. The summed E-state index contributed by atoms with van der Waals surface area (Å²) < 4.78 is 35.0. The van der Waals surface area contributed by atoms with Gasteiger partial charge in [0.05, 0.1) is 18.8 Å². The number of cyclic esters (lactones) is 1. The number of amides is 2. The molecule has 0 aliphatic carbocycles. The van der Waals surface area contributed by atoms with Crippen molar-refractivity contribution in [3.05, 3.63) is 0 Å². The zero-order valence-corrected chi connectivity index (χ0v) is 24.8. The summed E-state index contributed by atoms with van der Waals surface area (Å²) in [6, 6.07) is -1.43. The molecule has 0 aromatic rings. The molecule has 0 bridgehead atoms. The van der Waals surface area contributed by atoms with Gasteiger partial charge in [0.2, 0.25) is 0 Å². The first-order valence-corrected chi connectivity index (χ1v) is 13.1. The Morgan fingerprint density at radius 2 is 1.49 bits per heavy atom. The predicted octanol–water partition coefficient (Wildman–Crippen LogP) is 5.10. The molecule has 0 aromatic heterocycles. The molecule has 2 amide bonds. The van der Waals surface area contributed by atoms with Crippen LogP contribution in [0.5, 0.6) is 0 Å². The van der Waals surface area contributed by atoms with Crippen LogP contribution in [-0.4, -0.2) is 84.0 Å². The van der Waals surface area contributed by atoms with E-state index in [1.165, 1.54) is 0 Å². The van der Waals surface area contributed by atoms with Gasteiger partial charge in [-0.25, -0.2) is 14.4 Å². The van der Waals surface area contributed by atoms with Crippen LogP contribution in [0.25, 0.3) is 0 Å². The van der Waals surface area contributed by atoms with Crippen molar-refractivity contribution in [3.8, 4) is 0 Å². The third kappa shape index (κ3) is 11.6. The summed E-state index contributed by atoms with van der Waals surface area (Å²) in [6.45, 7) is 21.8. The van der Waals surface area contributed by atoms with E-state index in [0.717, 1.165) is 6.42 Å². The molecule has 1 aliphatic rings. The van der Waals surface area contributed by atoms with E-state index in [2.05, 4.69) is 0 Å². The lowest BCUT2D eigenvalue weighted by molar-refractivity contribution is -0.194. The van der Waals surface area contributed by atoms with Gasteiger partial charge in [-0.05, 0) is 74.7 Å². The summed E-state index contributed by atoms with van der Waals surface area (Å²) in [6.07, 6.45) is -3.31. The fourth-order valence-corrected chi connectivity index (χ4v) is 3.30. The second kappa shape index (κ2) is 13.2. The van der Waals surface area contributed by atoms with Crippen LogP contribution < -0.4 is 0 Å². The van der Waals surface area contributed by atoms with Crippen LogP contribution in [0, 0.1) is 5.92 Å². The third-order valence-electron chi connectivity index (χ3n) is 5.40. The van der Waals surface area contributed by atoms with Crippen molar-refractivity contribution in [2.24, 2.45) is 5.92 Å². The molecule has 0 N–H and O–H groups in total. The third-order valence-corrected chi connectivity index (χ3v) is 5.40. The number of rotatable bonds is 7. The lowest BCUT2D eigenvalue weighted by atomic mass is 10.0. The van der Waals surface area contributed by atoms with Crippen molar-refractivity contribution in [1.82, 2.24) is 4.90 Å². The van der Waals surface area contributed by atoms with Crippen LogP contribution >= 0.6 is 0 Å². The minimum Gasteiger partial charge on any atom is -0.458 e. The first kappa shape index (κ1) is 33.1. The lowest BCUT2D eigenvalue weighted by Crippen LogP contribution is -2.54. The van der Waals surface area contributed by atoms with Gasteiger partial charge in [0.15, 0.2) is 6.04 Å². The largest absolute Gasteiger partial charge is 0.458 e. The van der Waals surface area contributed by atoms with Crippen LogP contribution in [0.1, 0.15) is 89.5 Å². The van der Waals surface area contributed by atoms with Crippen molar-refractivity contribution in [2.45, 2.75) is 131 Å². The Hall–Kier alpha value is -1.91. The van der Waals surface area contributed by atoms with Crippen LogP contribution in [0.15, 0.2) is 0 Å². The van der Waals surface area contributed by atoms with E-state index in [9.17, 15) is 14.4 Å². The number of imide groups is 1. The number of carbonyl (C=O) groups excluding carboxylic acids is 3. The Morgan fingerprint density at radius 1 is 0.973 bits per heavy atom. The van der Waals surface area contributed by atoms with Crippen molar-refractivity contribution in [1.29, 1.82) is 0 Å². The lowest BCUT2D eigenvalue weighted by Gasteiger charge is -2.37. The Balaban J connectivity index is 3.38. The zero-order valence-electron chi connectivity index (χ0n) is 24.8. The molecular weight excluding hydrogens is 482 g/mol. The molecule has 1 heterocycles. The van der Waals surface area contributed by atoms with Crippen molar-refractivity contribution < 1.29 is 42.8 Å². The SMILES string of the molecule is CCC(C)(C)OC1C(C)OC(=O)C(N(C(=O)OC(C)(C)C)C(=O)OC(C)(C)C)COCC1OCC(C)C. The molecule has 1 aliphatic heterocycles. The summed E-state index contributed by atoms with van der Waals surface area (Å²) in [5.41, 5.74) is -2.36. The number of hydrogen-bond donors (Lipinski definition) is 0. The van der Waals surface area contributed by atoms with Gasteiger partial charge < -0.3 is 28.4 Å². The van der Waals surface area contributed by atoms with Crippen molar-refractivity contribution in [3.63, 3.8) is 0 Å². The highest BCUT2D eigenvalue weighted by Gasteiger charge is 2.45. The maximum Gasteiger partial charge on any atom is 0.420 e. The van der Waals surface area contributed by atoms with Gasteiger partial charge in [0.25, 0.3) is 0 Å². The minimum absolute atomic E-state index is 0.0607. The highest BCUT2D eigenvalue weighted by molar-refractivity contribution is 5.94. The molecule has 4 atom stereocenters. The van der Waals surface area contributed by atoms with Gasteiger partial charge in [0.1, 0.15) is 29.5 Å². The van der Waals surface area contributed by atoms with E-state index in [0.29, 0.717) is 11.5 Å². The van der Waals surface area contributed by atoms with E-state index in [4.69, 9.17) is 28.4 Å². The molecule has 216 valence electrons. The van der Waals surface area contributed by atoms with Gasteiger partial charge in [-0.2, -0.15) is 4.90 Å². The molecule has 1 fully saturated rings. The molecule has 10 heteroatoms. The highest BCUT2D eigenvalue weighted by atomic mass is 16.6. The number of nitrogens with zero attached hydrogens (tertiary/aromatic N) is 1. The molecule has 1 rings (SSSR count). The first-order valence-electron chi connectivity index (χ1n) is 13.1. The molecule has 0 saturated carbocycles. The maximum absolute atomic E-state index is 13.4. The topological polar surface area (TPSA) is 110 Å². The first-order chi connectivity index (χ1) is 16.8. The molecule has 1 saturated heterocycles. The second-order valence-electron chi connectivity index (χ2n) is 12.5. The van der Waals surface area contributed by atoms with E-state index in [1.807, 2.05) is 34.6 Å². The van der Waals surface area contributed by atoms with Gasteiger partial charge >= 0.3 is 18.2 Å². The van der Waals surface area contributed by atoms with Crippen molar-refractivity contribution >= 4 is 18.2 Å². The molecular formula is C27H49NO9. The van der Waals surface area contributed by atoms with E-state index in [-0.39, 0.29) is 19.1 Å². The Morgan fingerprint density at radius 3 is 1.92 bits per heavy atom. The highest BCUT2D eigenvalue weighted by Crippen LogP contribution is 2.26. The predicted molar refractivity (Wildman–Crippen MR) is 138 cm³/mol. The maximum atomic E-state index is 13.4. The van der Waals surface area contributed by atoms with Crippen molar-refractivity contribution in [2.75, 3.05) is 19.8 Å². The van der Waals surface area contributed by atoms with Crippen LogP contribution in [0.4, 0.5) is 9.59 Å². The minimum atomic E-state index is -1.43. The second-order valence-corrected chi connectivity index (χ2v) is 12.5. The van der Waals surface area contributed by atoms with Gasteiger partial charge in [-0.1, -0.05) is 20.8 Å². The number of hydrogen-bond acceptors (Lipinski definition) is 9. The molecule has 37 heavy (non-hydrogen) atoms. The summed E-state index contributed by atoms with van der Waals surface area (Å²) in [5, 5.41) is 0. The molecule has 0 spiro atoms. The quantitative estimate of drug-likeness (QED) is 0.327. The molecule has 0 aromatic carbocycles. The summed E-state index contributed by atoms with van der Waals surface area (Å²) in [4.78, 5) is 40.3. The van der Waals surface area contributed by atoms with Gasteiger partial charge in [-0.15, -0.1) is 0 Å². The van der Waals surface area contributed by atoms with E-state index >= 15 is 0 Å². The average Bonchev–Trinajstić information content (AvgIpc) is 2.74. The standard InChI is InChI=1S/C27H49NO9/c1-13-27(11,12)35-21-18(4)34-22(29)19(15-32-16-20(21)33-14-17(2)3)28(23(30)36-25(5,6)7)24(31)37-26(8,9)10/h17-21H,13-16H2,1-12H3. The Kier molecular flexibility index (Phi) is 11.9. The monoisotopic (exact) mass is 531 g/mol. The molecule has 4 unspecified atom stereocenters. The number of esters is 1. The smallest absolute Gasteiger partial charge is 0.420 e. The van der Waals surface area contributed by atoms with E-state index in [1.54, 1.807) is 48.5 Å². The average molecular weight is 532 g/mol. The van der Waals surface area contributed by atoms with Crippen LogP contribution in [0.3, 0.4) is 0 Å². The normalized spacial score (nSPS) is 24.0. The Labute approximate surface area is 222 Å². The summed E-state index contributed by atoms with van der Waals surface area (Å²) >= 11 is 0. The molecule has 0 radical (unpaired) electrons. The summed E-state index contributed by atoms with van der Waals surface area (Å²) in [7, 11) is 0. The van der Waals surface area contributed by atoms with Crippen LogP contribution in [-0.2, 0) is 33.2 Å². The Bertz CT molecular complexity index is 739. The van der Waals surface area contributed by atoms with Crippen LogP contribution in [0.2, 0.25) is 0 Å². The number of carbonyl (C=O) groups is 3. The zero-order chi connectivity index (χ0) is 28.8.